The second-order valence-corrected chi connectivity index (χ2v) is 5.49. The van der Waals surface area contributed by atoms with Gasteiger partial charge in [0.05, 0.1) is 12.0 Å². The number of rotatable bonds is 6. The minimum atomic E-state index is -0.156. The molecule has 1 fully saturated rings. The van der Waals surface area contributed by atoms with E-state index in [0.29, 0.717) is 19.5 Å². The number of piperidine rings is 1. The molecular weight excluding hydrogens is 262 g/mol. The number of nitrogens with one attached hydrogen (secondary N) is 1. The molecule has 0 saturated carbocycles. The van der Waals surface area contributed by atoms with Gasteiger partial charge in [-0.25, -0.2) is 0 Å². The number of nitrogens with zero attached hydrogens (tertiary/aromatic N) is 2. The van der Waals surface area contributed by atoms with Crippen molar-refractivity contribution in [3.63, 3.8) is 0 Å². The first-order chi connectivity index (χ1) is 10.3. The molecule has 1 unspecified atom stereocenters. The first kappa shape index (κ1) is 15.5. The lowest BCUT2D eigenvalue weighted by atomic mass is 10.0. The number of amides is 1. The Balaban J connectivity index is 1.69. The van der Waals surface area contributed by atoms with Gasteiger partial charge in [-0.3, -0.25) is 4.79 Å². The average Bonchev–Trinajstić information content (AvgIpc) is 2.56. The van der Waals surface area contributed by atoms with Crippen LogP contribution in [-0.4, -0.2) is 37.0 Å². The molecule has 21 heavy (non-hydrogen) atoms. The molecule has 0 radical (unpaired) electrons. The lowest BCUT2D eigenvalue weighted by Crippen LogP contribution is -2.37. The van der Waals surface area contributed by atoms with Crippen molar-refractivity contribution < 1.29 is 4.79 Å². The molecule has 0 aromatic heterocycles. The van der Waals surface area contributed by atoms with Crippen molar-refractivity contribution in [2.24, 2.45) is 0 Å². The smallest absolute Gasteiger partial charge is 0.223 e. The third kappa shape index (κ3) is 4.87. The summed E-state index contributed by atoms with van der Waals surface area (Å²) in [6, 6.07) is 12.1. The second-order valence-electron chi connectivity index (χ2n) is 5.49. The Labute approximate surface area is 126 Å². The topological polar surface area (TPSA) is 56.1 Å². The molecule has 1 saturated heterocycles. The van der Waals surface area contributed by atoms with Crippen LogP contribution >= 0.6 is 0 Å². The predicted octanol–water partition coefficient (Wildman–Crippen LogP) is 2.29. The van der Waals surface area contributed by atoms with Crippen LogP contribution in [0.4, 0.5) is 0 Å². The van der Waals surface area contributed by atoms with Crippen molar-refractivity contribution in [3.8, 4) is 6.07 Å². The maximum absolute atomic E-state index is 12.0. The van der Waals surface area contributed by atoms with E-state index in [4.69, 9.17) is 0 Å². The van der Waals surface area contributed by atoms with E-state index in [9.17, 15) is 10.1 Å². The van der Waals surface area contributed by atoms with Crippen LogP contribution < -0.4 is 5.32 Å². The summed E-state index contributed by atoms with van der Waals surface area (Å²) in [6.07, 6.45) is 4.02. The molecule has 1 aromatic rings. The lowest BCUT2D eigenvalue weighted by Gasteiger charge is -2.26. The van der Waals surface area contributed by atoms with Crippen LogP contribution in [0.3, 0.4) is 0 Å². The fourth-order valence-electron chi connectivity index (χ4n) is 2.67. The molecule has 1 aliphatic heterocycles. The largest absolute Gasteiger partial charge is 0.343 e. The summed E-state index contributed by atoms with van der Waals surface area (Å²) in [6.45, 7) is 3.04. The molecular formula is C17H23N3O. The van der Waals surface area contributed by atoms with Gasteiger partial charge < -0.3 is 10.2 Å². The number of nitriles is 1. The Morgan fingerprint density at radius 2 is 1.95 bits per heavy atom. The van der Waals surface area contributed by atoms with Gasteiger partial charge in [0.1, 0.15) is 0 Å². The van der Waals surface area contributed by atoms with Crippen molar-refractivity contribution in [1.82, 2.24) is 10.2 Å². The van der Waals surface area contributed by atoms with Gasteiger partial charge in [0, 0.05) is 32.6 Å². The van der Waals surface area contributed by atoms with Crippen LogP contribution in [-0.2, 0) is 4.79 Å². The summed E-state index contributed by atoms with van der Waals surface area (Å²) in [5, 5.41) is 12.5. The van der Waals surface area contributed by atoms with E-state index in [2.05, 4.69) is 11.4 Å². The van der Waals surface area contributed by atoms with Gasteiger partial charge >= 0.3 is 0 Å². The van der Waals surface area contributed by atoms with E-state index in [1.807, 2.05) is 35.2 Å². The lowest BCUT2D eigenvalue weighted by molar-refractivity contribution is -0.131. The Bertz CT molecular complexity index is 475. The number of hydrogen-bond donors (Lipinski definition) is 1. The summed E-state index contributed by atoms with van der Waals surface area (Å²) in [7, 11) is 0. The predicted molar refractivity (Wildman–Crippen MR) is 82.7 cm³/mol. The van der Waals surface area contributed by atoms with Crippen LogP contribution in [0.15, 0.2) is 30.3 Å². The first-order valence-electron chi connectivity index (χ1n) is 7.74. The van der Waals surface area contributed by atoms with Crippen LogP contribution in [0.2, 0.25) is 0 Å². The Morgan fingerprint density at radius 1 is 1.24 bits per heavy atom. The third-order valence-electron chi connectivity index (χ3n) is 3.93. The van der Waals surface area contributed by atoms with Crippen molar-refractivity contribution in [2.45, 2.75) is 31.6 Å². The minimum absolute atomic E-state index is 0.156. The number of likely N-dealkylation sites (tertiary alicyclic amines) is 1. The highest BCUT2D eigenvalue weighted by Gasteiger charge is 2.16. The number of carbonyl (C=O) groups excluding carboxylic acids is 1. The highest BCUT2D eigenvalue weighted by molar-refractivity contribution is 5.76. The Morgan fingerprint density at radius 3 is 2.62 bits per heavy atom. The maximum atomic E-state index is 12.0. The summed E-state index contributed by atoms with van der Waals surface area (Å²) in [4.78, 5) is 14.0. The van der Waals surface area contributed by atoms with Gasteiger partial charge in [0.15, 0.2) is 0 Å². The fourth-order valence-corrected chi connectivity index (χ4v) is 2.67. The van der Waals surface area contributed by atoms with Crippen molar-refractivity contribution in [1.29, 1.82) is 5.26 Å². The van der Waals surface area contributed by atoms with Crippen LogP contribution in [0.1, 0.15) is 37.2 Å². The molecule has 4 nitrogen and oxygen atoms in total. The molecule has 0 spiro atoms. The highest BCUT2D eigenvalue weighted by atomic mass is 16.2. The summed E-state index contributed by atoms with van der Waals surface area (Å²) in [5.74, 6) is 0.0757. The monoisotopic (exact) mass is 285 g/mol. The molecule has 1 aliphatic rings. The highest BCUT2D eigenvalue weighted by Crippen LogP contribution is 2.13. The minimum Gasteiger partial charge on any atom is -0.343 e. The molecule has 1 aromatic carbocycles. The van der Waals surface area contributed by atoms with Crippen molar-refractivity contribution in [3.05, 3.63) is 35.9 Å². The van der Waals surface area contributed by atoms with Gasteiger partial charge in [-0.2, -0.15) is 5.26 Å². The van der Waals surface area contributed by atoms with E-state index >= 15 is 0 Å². The molecule has 0 aliphatic carbocycles. The van der Waals surface area contributed by atoms with Crippen molar-refractivity contribution >= 4 is 5.91 Å². The quantitative estimate of drug-likeness (QED) is 0.816. The van der Waals surface area contributed by atoms with Crippen LogP contribution in [0.5, 0.6) is 0 Å². The van der Waals surface area contributed by atoms with Crippen molar-refractivity contribution in [2.75, 3.05) is 26.2 Å². The van der Waals surface area contributed by atoms with E-state index < -0.39 is 0 Å². The third-order valence-corrected chi connectivity index (χ3v) is 3.93. The van der Waals surface area contributed by atoms with Gasteiger partial charge in [-0.1, -0.05) is 30.3 Å². The van der Waals surface area contributed by atoms with E-state index in [1.165, 1.54) is 6.42 Å². The van der Waals surface area contributed by atoms with E-state index in [1.54, 1.807) is 0 Å². The molecule has 4 heteroatoms. The maximum Gasteiger partial charge on any atom is 0.223 e. The molecule has 1 atom stereocenters. The zero-order chi connectivity index (χ0) is 14.9. The van der Waals surface area contributed by atoms with Crippen LogP contribution in [0, 0.1) is 11.3 Å². The summed E-state index contributed by atoms with van der Waals surface area (Å²) >= 11 is 0. The Kier molecular flexibility index (Phi) is 6.23. The van der Waals surface area contributed by atoms with E-state index in [0.717, 1.165) is 31.5 Å². The zero-order valence-corrected chi connectivity index (χ0v) is 12.4. The van der Waals surface area contributed by atoms with Gasteiger partial charge in [0.2, 0.25) is 5.91 Å². The normalized spacial score (nSPS) is 16.2. The zero-order valence-electron chi connectivity index (χ0n) is 12.4. The molecule has 1 amide bonds. The number of hydrogen-bond acceptors (Lipinski definition) is 3. The first-order valence-corrected chi connectivity index (χ1v) is 7.74. The van der Waals surface area contributed by atoms with Crippen LogP contribution in [0.25, 0.3) is 0 Å². The van der Waals surface area contributed by atoms with Gasteiger partial charge in [0.25, 0.3) is 0 Å². The number of carbonyl (C=O) groups is 1. The molecule has 1 N–H and O–H groups in total. The molecule has 112 valence electrons. The standard InChI is InChI=1S/C17H23N3O/c18-13-16(15-7-3-1-4-8-15)14-19-10-9-17(21)20-11-5-2-6-12-20/h1,3-4,7-8,16,19H,2,5-6,9-12,14H2. The fraction of sp³-hybridized carbons (Fsp3) is 0.529. The van der Waals surface area contributed by atoms with Gasteiger partial charge in [-0.15, -0.1) is 0 Å². The Hall–Kier alpha value is -1.86. The second kappa shape index (κ2) is 8.43. The summed E-state index contributed by atoms with van der Waals surface area (Å²) < 4.78 is 0. The molecule has 0 bridgehead atoms. The SMILES string of the molecule is N#CC(CNCCC(=O)N1CCCCC1)c1ccccc1. The number of benzene rings is 1. The molecule has 1 heterocycles. The van der Waals surface area contributed by atoms with E-state index in [-0.39, 0.29) is 11.8 Å². The van der Waals surface area contributed by atoms with Gasteiger partial charge in [-0.05, 0) is 24.8 Å². The molecule has 2 rings (SSSR count). The average molecular weight is 285 g/mol. The summed E-state index contributed by atoms with van der Waals surface area (Å²) in [5.41, 5.74) is 1.02.